The molecule has 0 aromatic heterocycles. The van der Waals surface area contributed by atoms with Gasteiger partial charge in [0.2, 0.25) is 0 Å². The molecule has 170 valence electrons. The van der Waals surface area contributed by atoms with Crippen molar-refractivity contribution in [3.63, 3.8) is 0 Å². The van der Waals surface area contributed by atoms with Crippen LogP contribution in [-0.4, -0.2) is 74.9 Å². The van der Waals surface area contributed by atoms with E-state index in [1.54, 1.807) is 0 Å². The second-order valence-electron chi connectivity index (χ2n) is 9.68. The molecule has 2 saturated heterocycles. The Morgan fingerprint density at radius 1 is 0.800 bits per heavy atom. The quantitative estimate of drug-likeness (QED) is 0.422. The lowest BCUT2D eigenvalue weighted by Crippen LogP contribution is -3.14. The van der Waals surface area contributed by atoms with Crippen LogP contribution >= 0.6 is 0 Å². The molecule has 2 heterocycles. The van der Waals surface area contributed by atoms with Gasteiger partial charge in [-0.15, -0.1) is 0 Å². The molecule has 2 aliphatic heterocycles. The lowest BCUT2D eigenvalue weighted by Gasteiger charge is -2.29. The molecule has 1 aromatic rings. The highest BCUT2D eigenvalue weighted by Gasteiger charge is 2.23. The Hall–Kier alpha value is -1.34. The summed E-state index contributed by atoms with van der Waals surface area (Å²) in [5.74, 6) is 3.01. The van der Waals surface area contributed by atoms with Crippen LogP contribution in [0.25, 0.3) is 0 Å². The average molecular weight is 423 g/mol. The van der Waals surface area contributed by atoms with E-state index in [4.69, 9.17) is 9.47 Å². The van der Waals surface area contributed by atoms with Gasteiger partial charge in [-0.1, -0.05) is 19.9 Å². The molecule has 0 bridgehead atoms. The molecule has 6 nitrogen and oxygen atoms in total. The van der Waals surface area contributed by atoms with Crippen molar-refractivity contribution in [2.45, 2.75) is 51.7 Å². The summed E-state index contributed by atoms with van der Waals surface area (Å²) in [4.78, 5) is 2.95. The SMILES string of the molecule is CC1CC[NH+](C[C@H](O)COc2cccc(OC[C@@H](O)C[NH+]3CCC(C)CC3)c2)CC1. The third-order valence-electron chi connectivity index (χ3n) is 6.70. The molecule has 6 heteroatoms. The fourth-order valence-electron chi connectivity index (χ4n) is 4.57. The molecule has 2 atom stereocenters. The van der Waals surface area contributed by atoms with Crippen molar-refractivity contribution >= 4 is 0 Å². The molecule has 0 aliphatic carbocycles. The molecule has 4 N–H and O–H groups in total. The zero-order valence-corrected chi connectivity index (χ0v) is 18.8. The summed E-state index contributed by atoms with van der Waals surface area (Å²) < 4.78 is 11.6. The normalized spacial score (nSPS) is 29.2. The number of quaternary nitrogens is 2. The maximum absolute atomic E-state index is 10.3. The van der Waals surface area contributed by atoms with Crippen molar-refractivity contribution in [3.05, 3.63) is 24.3 Å². The number of aliphatic hydroxyl groups is 2. The Kier molecular flexibility index (Phi) is 9.25. The van der Waals surface area contributed by atoms with Gasteiger partial charge in [0, 0.05) is 6.07 Å². The van der Waals surface area contributed by atoms with Crippen LogP contribution in [0.3, 0.4) is 0 Å². The second-order valence-corrected chi connectivity index (χ2v) is 9.68. The molecule has 30 heavy (non-hydrogen) atoms. The first kappa shape index (κ1) is 23.3. The summed E-state index contributed by atoms with van der Waals surface area (Å²) >= 11 is 0. The number of aliphatic hydroxyl groups excluding tert-OH is 2. The van der Waals surface area contributed by atoms with E-state index in [1.165, 1.54) is 35.5 Å². The third-order valence-corrected chi connectivity index (χ3v) is 6.70. The highest BCUT2D eigenvalue weighted by atomic mass is 16.5. The molecule has 3 rings (SSSR count). The van der Waals surface area contributed by atoms with Gasteiger partial charge in [-0.3, -0.25) is 0 Å². The fourth-order valence-corrected chi connectivity index (χ4v) is 4.57. The van der Waals surface area contributed by atoms with Gasteiger partial charge >= 0.3 is 0 Å². The smallest absolute Gasteiger partial charge is 0.137 e. The van der Waals surface area contributed by atoms with E-state index in [0.717, 1.165) is 51.1 Å². The van der Waals surface area contributed by atoms with E-state index in [0.29, 0.717) is 24.7 Å². The summed E-state index contributed by atoms with van der Waals surface area (Å²) in [5, 5.41) is 20.7. The van der Waals surface area contributed by atoms with Gasteiger partial charge in [-0.2, -0.15) is 0 Å². The lowest BCUT2D eigenvalue weighted by molar-refractivity contribution is -0.909. The number of ether oxygens (including phenoxy) is 2. The van der Waals surface area contributed by atoms with Crippen LogP contribution in [-0.2, 0) is 0 Å². The maximum Gasteiger partial charge on any atom is 0.137 e. The fraction of sp³-hybridized carbons (Fsp3) is 0.750. The Balaban J connectivity index is 1.35. The second kappa shape index (κ2) is 11.9. The molecule has 2 aliphatic rings. The first-order valence-corrected chi connectivity index (χ1v) is 11.9. The van der Waals surface area contributed by atoms with Crippen LogP contribution in [0, 0.1) is 11.8 Å². The van der Waals surface area contributed by atoms with Crippen LogP contribution in [0.4, 0.5) is 0 Å². The molecule has 0 unspecified atom stereocenters. The predicted octanol–water partition coefficient (Wildman–Crippen LogP) is -0.204. The van der Waals surface area contributed by atoms with E-state index in [2.05, 4.69) is 13.8 Å². The van der Waals surface area contributed by atoms with E-state index in [1.807, 2.05) is 24.3 Å². The summed E-state index contributed by atoms with van der Waals surface area (Å²) in [7, 11) is 0. The first-order chi connectivity index (χ1) is 14.5. The van der Waals surface area contributed by atoms with Crippen molar-refractivity contribution in [3.8, 4) is 11.5 Å². The Labute approximate surface area is 181 Å². The van der Waals surface area contributed by atoms with Crippen LogP contribution in [0.5, 0.6) is 11.5 Å². The predicted molar refractivity (Wildman–Crippen MR) is 117 cm³/mol. The maximum atomic E-state index is 10.3. The minimum Gasteiger partial charge on any atom is -0.491 e. The van der Waals surface area contributed by atoms with Gasteiger partial charge in [0.05, 0.1) is 26.2 Å². The number of benzene rings is 1. The zero-order chi connectivity index (χ0) is 21.3. The van der Waals surface area contributed by atoms with Crippen molar-refractivity contribution < 1.29 is 29.5 Å². The Bertz CT molecular complexity index is 564. The molecular weight excluding hydrogens is 380 g/mol. The molecule has 0 amide bonds. The molecule has 0 spiro atoms. The third kappa shape index (κ3) is 8.06. The average Bonchev–Trinajstić information content (AvgIpc) is 2.74. The van der Waals surface area contributed by atoms with Crippen molar-refractivity contribution in [2.24, 2.45) is 11.8 Å². The minimum absolute atomic E-state index is 0.294. The summed E-state index contributed by atoms with van der Waals surface area (Å²) in [6.45, 7) is 11.2. The molecule has 0 radical (unpaired) electrons. The van der Waals surface area contributed by atoms with E-state index >= 15 is 0 Å². The van der Waals surface area contributed by atoms with Gasteiger partial charge in [0.1, 0.15) is 50.0 Å². The van der Waals surface area contributed by atoms with Gasteiger partial charge in [0.25, 0.3) is 0 Å². The van der Waals surface area contributed by atoms with Crippen LogP contribution < -0.4 is 19.3 Å². The highest BCUT2D eigenvalue weighted by molar-refractivity contribution is 5.32. The van der Waals surface area contributed by atoms with Crippen LogP contribution in [0.15, 0.2) is 24.3 Å². The van der Waals surface area contributed by atoms with Gasteiger partial charge < -0.3 is 29.5 Å². The van der Waals surface area contributed by atoms with Crippen molar-refractivity contribution in [1.82, 2.24) is 0 Å². The number of hydrogen-bond acceptors (Lipinski definition) is 4. The summed E-state index contributed by atoms with van der Waals surface area (Å²) in [5.41, 5.74) is 0. The standard InChI is InChI=1S/C24H40N2O4/c1-19-6-10-25(11-7-19)15-21(27)17-29-23-4-3-5-24(14-23)30-18-22(28)16-26-12-8-20(2)9-13-26/h3-5,14,19-22,27-28H,6-13,15-18H2,1-2H3/p+2/t21-,22-/m0/s1. The topological polar surface area (TPSA) is 67.8 Å². The van der Waals surface area contributed by atoms with Gasteiger partial charge in [0.15, 0.2) is 0 Å². The number of rotatable bonds is 10. The number of likely N-dealkylation sites (tertiary alicyclic amines) is 2. The van der Waals surface area contributed by atoms with Crippen LogP contribution in [0.2, 0.25) is 0 Å². The number of piperidine rings is 2. The molecule has 2 fully saturated rings. The zero-order valence-electron chi connectivity index (χ0n) is 18.8. The first-order valence-electron chi connectivity index (χ1n) is 11.9. The highest BCUT2D eigenvalue weighted by Crippen LogP contribution is 2.19. The number of hydrogen-bond donors (Lipinski definition) is 4. The minimum atomic E-state index is -0.463. The Morgan fingerprint density at radius 3 is 1.60 bits per heavy atom. The number of nitrogens with one attached hydrogen (secondary N) is 2. The summed E-state index contributed by atoms with van der Waals surface area (Å²) in [6.07, 6.45) is 4.04. The Morgan fingerprint density at radius 2 is 1.20 bits per heavy atom. The molecule has 0 saturated carbocycles. The van der Waals surface area contributed by atoms with Crippen molar-refractivity contribution in [1.29, 1.82) is 0 Å². The monoisotopic (exact) mass is 422 g/mol. The van der Waals surface area contributed by atoms with Gasteiger partial charge in [-0.25, -0.2) is 0 Å². The summed E-state index contributed by atoms with van der Waals surface area (Å²) in [6, 6.07) is 7.48. The van der Waals surface area contributed by atoms with Crippen molar-refractivity contribution in [2.75, 3.05) is 52.5 Å². The molecular formula is C24H42N2O4+2. The molecule has 1 aromatic carbocycles. The van der Waals surface area contributed by atoms with E-state index in [9.17, 15) is 10.2 Å². The largest absolute Gasteiger partial charge is 0.491 e. The van der Waals surface area contributed by atoms with E-state index in [-0.39, 0.29) is 0 Å². The van der Waals surface area contributed by atoms with Gasteiger partial charge in [-0.05, 0) is 49.7 Å². The lowest BCUT2D eigenvalue weighted by atomic mass is 9.99. The van der Waals surface area contributed by atoms with Crippen LogP contribution in [0.1, 0.15) is 39.5 Å². The van der Waals surface area contributed by atoms with E-state index < -0.39 is 12.2 Å².